The molecule has 0 saturated carbocycles. The fourth-order valence-corrected chi connectivity index (χ4v) is 2.90. The molecule has 0 fully saturated rings. The van der Waals surface area contributed by atoms with Crippen molar-refractivity contribution >= 4 is 27.3 Å². The monoisotopic (exact) mass is 318 g/mol. The SMILES string of the molecule is CNCc1nc(-c2cc(F)ccc2F)sc1Br. The molecule has 1 aromatic heterocycles. The van der Waals surface area contributed by atoms with E-state index in [1.54, 1.807) is 7.05 Å². The number of benzene rings is 1. The van der Waals surface area contributed by atoms with Gasteiger partial charge in [0.05, 0.1) is 9.48 Å². The van der Waals surface area contributed by atoms with Crippen molar-refractivity contribution in [2.24, 2.45) is 0 Å². The van der Waals surface area contributed by atoms with Crippen LogP contribution < -0.4 is 5.32 Å². The van der Waals surface area contributed by atoms with Crippen LogP contribution in [0.2, 0.25) is 0 Å². The molecular weight excluding hydrogens is 310 g/mol. The highest BCUT2D eigenvalue weighted by molar-refractivity contribution is 9.11. The molecule has 0 saturated heterocycles. The lowest BCUT2D eigenvalue weighted by Crippen LogP contribution is -2.05. The predicted molar refractivity (Wildman–Crippen MR) is 67.9 cm³/mol. The average molecular weight is 319 g/mol. The third kappa shape index (κ3) is 2.70. The van der Waals surface area contributed by atoms with Crippen molar-refractivity contribution in [3.8, 4) is 10.6 Å². The standard InChI is InChI=1S/C11H9BrF2N2S/c1-15-5-9-10(12)17-11(16-9)7-4-6(13)2-3-8(7)14/h2-4,15H,5H2,1H3. The van der Waals surface area contributed by atoms with Crippen LogP contribution in [-0.4, -0.2) is 12.0 Å². The summed E-state index contributed by atoms with van der Waals surface area (Å²) in [5, 5.41) is 3.43. The van der Waals surface area contributed by atoms with Gasteiger partial charge in [0, 0.05) is 12.1 Å². The lowest BCUT2D eigenvalue weighted by Gasteiger charge is -1.98. The summed E-state index contributed by atoms with van der Waals surface area (Å²) in [5.41, 5.74) is 0.981. The van der Waals surface area contributed by atoms with Gasteiger partial charge in [-0.2, -0.15) is 0 Å². The maximum atomic E-state index is 13.6. The summed E-state index contributed by atoms with van der Waals surface area (Å²) in [4.78, 5) is 4.27. The second kappa shape index (κ2) is 5.20. The van der Waals surface area contributed by atoms with Gasteiger partial charge < -0.3 is 5.32 Å². The average Bonchev–Trinajstić information content (AvgIpc) is 2.64. The minimum absolute atomic E-state index is 0.193. The highest BCUT2D eigenvalue weighted by Crippen LogP contribution is 2.33. The molecule has 0 unspecified atom stereocenters. The van der Waals surface area contributed by atoms with Gasteiger partial charge in [-0.1, -0.05) is 0 Å². The maximum absolute atomic E-state index is 13.6. The molecule has 0 radical (unpaired) electrons. The highest BCUT2D eigenvalue weighted by atomic mass is 79.9. The van der Waals surface area contributed by atoms with Crippen LogP contribution >= 0.6 is 27.3 Å². The first-order chi connectivity index (χ1) is 8.11. The highest BCUT2D eigenvalue weighted by Gasteiger charge is 2.14. The first-order valence-corrected chi connectivity index (χ1v) is 6.48. The van der Waals surface area contributed by atoms with Crippen LogP contribution in [0.4, 0.5) is 8.78 Å². The van der Waals surface area contributed by atoms with Gasteiger partial charge in [0.1, 0.15) is 16.6 Å². The van der Waals surface area contributed by atoms with Crippen LogP contribution in [0.5, 0.6) is 0 Å². The van der Waals surface area contributed by atoms with Crippen molar-refractivity contribution in [1.82, 2.24) is 10.3 Å². The molecule has 0 aliphatic carbocycles. The Hall–Kier alpha value is -0.850. The molecule has 2 rings (SSSR count). The van der Waals surface area contributed by atoms with Gasteiger partial charge in [-0.25, -0.2) is 13.8 Å². The molecule has 2 aromatic rings. The van der Waals surface area contributed by atoms with Gasteiger partial charge in [-0.15, -0.1) is 11.3 Å². The third-order valence-electron chi connectivity index (χ3n) is 2.15. The molecule has 6 heteroatoms. The molecular formula is C11H9BrF2N2S. The van der Waals surface area contributed by atoms with E-state index in [0.29, 0.717) is 11.6 Å². The number of nitrogens with one attached hydrogen (secondary N) is 1. The van der Waals surface area contributed by atoms with Crippen LogP contribution in [-0.2, 0) is 6.54 Å². The fourth-order valence-electron chi connectivity index (χ4n) is 1.39. The van der Waals surface area contributed by atoms with Crippen molar-refractivity contribution < 1.29 is 8.78 Å². The molecule has 2 nitrogen and oxygen atoms in total. The summed E-state index contributed by atoms with van der Waals surface area (Å²) in [6.45, 7) is 0.577. The van der Waals surface area contributed by atoms with E-state index in [1.807, 2.05) is 0 Å². The summed E-state index contributed by atoms with van der Waals surface area (Å²) in [5.74, 6) is -0.938. The number of hydrogen-bond acceptors (Lipinski definition) is 3. The van der Waals surface area contributed by atoms with Crippen LogP contribution in [0.25, 0.3) is 10.6 Å². The van der Waals surface area contributed by atoms with Crippen molar-refractivity contribution in [2.75, 3.05) is 7.05 Å². The molecule has 1 N–H and O–H groups in total. The Labute approximate surface area is 110 Å². The predicted octanol–water partition coefficient (Wildman–Crippen LogP) is 3.57. The Morgan fingerprint density at radius 1 is 1.41 bits per heavy atom. The van der Waals surface area contributed by atoms with E-state index in [1.165, 1.54) is 11.3 Å². The van der Waals surface area contributed by atoms with Crippen molar-refractivity contribution in [3.05, 3.63) is 39.3 Å². The number of nitrogens with zero attached hydrogens (tertiary/aromatic N) is 1. The molecule has 17 heavy (non-hydrogen) atoms. The minimum atomic E-state index is -0.470. The number of hydrogen-bond donors (Lipinski definition) is 1. The summed E-state index contributed by atoms with van der Waals surface area (Å²) in [6.07, 6.45) is 0. The van der Waals surface area contributed by atoms with Crippen molar-refractivity contribution in [1.29, 1.82) is 0 Å². The Bertz CT molecular complexity index is 542. The van der Waals surface area contributed by atoms with Crippen LogP contribution in [0.15, 0.2) is 22.0 Å². The number of halogens is 3. The Morgan fingerprint density at radius 3 is 2.88 bits per heavy atom. The van der Waals surface area contributed by atoms with Crippen LogP contribution in [0.3, 0.4) is 0 Å². The zero-order valence-corrected chi connectivity index (χ0v) is 11.3. The van der Waals surface area contributed by atoms with Gasteiger partial charge in [-0.05, 0) is 41.2 Å². The van der Waals surface area contributed by atoms with Gasteiger partial charge in [0.15, 0.2) is 0 Å². The second-order valence-corrected chi connectivity index (χ2v) is 5.71. The lowest BCUT2D eigenvalue weighted by molar-refractivity contribution is 0.603. The Morgan fingerprint density at radius 2 is 2.18 bits per heavy atom. The third-order valence-corrected chi connectivity index (χ3v) is 4.02. The summed E-state index contributed by atoms with van der Waals surface area (Å²) in [7, 11) is 1.80. The van der Waals surface area contributed by atoms with Gasteiger partial charge in [0.2, 0.25) is 0 Å². The molecule has 90 valence electrons. The second-order valence-electron chi connectivity index (χ2n) is 3.39. The molecule has 0 aliphatic rings. The van der Waals surface area contributed by atoms with Gasteiger partial charge in [0.25, 0.3) is 0 Å². The Balaban J connectivity index is 2.45. The van der Waals surface area contributed by atoms with E-state index in [0.717, 1.165) is 27.7 Å². The first-order valence-electron chi connectivity index (χ1n) is 4.87. The molecule has 1 heterocycles. The number of thiazole rings is 1. The number of aromatic nitrogens is 1. The molecule has 0 atom stereocenters. The van der Waals surface area contributed by atoms with Gasteiger partial charge in [-0.3, -0.25) is 0 Å². The van der Waals surface area contributed by atoms with E-state index in [-0.39, 0.29) is 5.56 Å². The Kier molecular flexibility index (Phi) is 3.86. The van der Waals surface area contributed by atoms with E-state index < -0.39 is 11.6 Å². The number of rotatable bonds is 3. The normalized spacial score (nSPS) is 10.8. The van der Waals surface area contributed by atoms with E-state index in [2.05, 4.69) is 26.2 Å². The van der Waals surface area contributed by atoms with Crippen LogP contribution in [0, 0.1) is 11.6 Å². The van der Waals surface area contributed by atoms with E-state index in [4.69, 9.17) is 0 Å². The molecule has 0 aliphatic heterocycles. The quantitative estimate of drug-likeness (QED) is 0.935. The summed E-state index contributed by atoms with van der Waals surface area (Å²) < 4.78 is 27.5. The summed E-state index contributed by atoms with van der Waals surface area (Å²) in [6, 6.07) is 3.36. The smallest absolute Gasteiger partial charge is 0.133 e. The minimum Gasteiger partial charge on any atom is -0.314 e. The molecule has 0 spiro atoms. The molecule has 1 aromatic carbocycles. The van der Waals surface area contributed by atoms with Crippen LogP contribution in [0.1, 0.15) is 5.69 Å². The zero-order chi connectivity index (χ0) is 12.4. The lowest BCUT2D eigenvalue weighted by atomic mass is 10.2. The largest absolute Gasteiger partial charge is 0.314 e. The molecule has 0 bridgehead atoms. The van der Waals surface area contributed by atoms with E-state index in [9.17, 15) is 8.78 Å². The fraction of sp³-hybridized carbons (Fsp3) is 0.182. The molecule has 0 amide bonds. The topological polar surface area (TPSA) is 24.9 Å². The summed E-state index contributed by atoms with van der Waals surface area (Å²) >= 11 is 4.65. The van der Waals surface area contributed by atoms with Crippen molar-refractivity contribution in [3.63, 3.8) is 0 Å². The van der Waals surface area contributed by atoms with Crippen molar-refractivity contribution in [2.45, 2.75) is 6.54 Å². The van der Waals surface area contributed by atoms with Gasteiger partial charge >= 0.3 is 0 Å². The zero-order valence-electron chi connectivity index (χ0n) is 8.93. The van der Waals surface area contributed by atoms with E-state index >= 15 is 0 Å². The first kappa shape index (κ1) is 12.6. The maximum Gasteiger partial charge on any atom is 0.133 e.